The van der Waals surface area contributed by atoms with Gasteiger partial charge in [0.2, 0.25) is 11.7 Å². The van der Waals surface area contributed by atoms with Crippen LogP contribution in [0.5, 0.6) is 0 Å². The predicted molar refractivity (Wildman–Crippen MR) is 122 cm³/mol. The van der Waals surface area contributed by atoms with Crippen molar-refractivity contribution >= 4 is 40.0 Å². The van der Waals surface area contributed by atoms with Crippen molar-refractivity contribution in [3.05, 3.63) is 65.0 Å². The Labute approximate surface area is 183 Å². The Morgan fingerprint density at radius 2 is 1.87 bits per heavy atom. The summed E-state index contributed by atoms with van der Waals surface area (Å²) in [6.45, 7) is 2.83. The molecular formula is C22H23N5O3S. The van der Waals surface area contributed by atoms with Gasteiger partial charge in [-0.3, -0.25) is 18.6 Å². The van der Waals surface area contributed by atoms with E-state index in [1.54, 1.807) is 17.7 Å². The molecule has 0 saturated heterocycles. The summed E-state index contributed by atoms with van der Waals surface area (Å²) in [5, 5.41) is 12.2. The highest BCUT2D eigenvalue weighted by molar-refractivity contribution is 8.00. The smallest absolute Gasteiger partial charge is 0.262 e. The van der Waals surface area contributed by atoms with Crippen molar-refractivity contribution in [2.45, 2.75) is 30.3 Å². The van der Waals surface area contributed by atoms with Crippen LogP contribution >= 0.6 is 11.8 Å². The molecule has 4 rings (SSSR count). The lowest BCUT2D eigenvalue weighted by molar-refractivity contribution is -0.115. The molecule has 0 spiro atoms. The van der Waals surface area contributed by atoms with Crippen LogP contribution in [0.4, 0.5) is 5.69 Å². The third-order valence-electron chi connectivity index (χ3n) is 4.90. The van der Waals surface area contributed by atoms with E-state index in [1.807, 2.05) is 59.9 Å². The summed E-state index contributed by atoms with van der Waals surface area (Å²) in [5.74, 6) is 0.323. The van der Waals surface area contributed by atoms with Gasteiger partial charge in [-0.05, 0) is 37.6 Å². The number of ether oxygens (including phenoxy) is 1. The molecular weight excluding hydrogens is 414 g/mol. The van der Waals surface area contributed by atoms with Crippen LogP contribution in [0.2, 0.25) is 0 Å². The first-order valence-electron chi connectivity index (χ1n) is 9.98. The number of nitrogens with one attached hydrogen (secondary N) is 1. The summed E-state index contributed by atoms with van der Waals surface area (Å²) in [5.41, 5.74) is 1.34. The number of carbonyl (C=O) groups is 1. The molecule has 1 N–H and O–H groups in total. The molecule has 160 valence electrons. The molecule has 0 aliphatic carbocycles. The Hall–Kier alpha value is -3.17. The number of amides is 1. The van der Waals surface area contributed by atoms with Gasteiger partial charge in [0.25, 0.3) is 5.56 Å². The number of rotatable bonds is 8. The molecule has 1 atom stereocenters. The minimum atomic E-state index is -0.416. The number of aryl methyl sites for hydroxylation is 1. The van der Waals surface area contributed by atoms with Gasteiger partial charge in [0, 0.05) is 25.9 Å². The van der Waals surface area contributed by atoms with Gasteiger partial charge >= 0.3 is 0 Å². The van der Waals surface area contributed by atoms with E-state index in [0.29, 0.717) is 41.4 Å². The second-order valence-electron chi connectivity index (χ2n) is 7.05. The molecule has 2 heterocycles. The molecule has 0 aliphatic rings. The maximum absolute atomic E-state index is 13.0. The summed E-state index contributed by atoms with van der Waals surface area (Å²) < 4.78 is 8.60. The number of thioether (sulfide) groups is 1. The fraction of sp³-hybridized carbons (Fsp3) is 0.273. The SMILES string of the molecule is COCCCn1c(=O)c2ccccc2n2c(SC(C)C(=O)Nc3ccccc3)nnc12. The van der Waals surface area contributed by atoms with E-state index in [2.05, 4.69) is 15.5 Å². The van der Waals surface area contributed by atoms with Crippen LogP contribution in [0.1, 0.15) is 13.3 Å². The van der Waals surface area contributed by atoms with Crippen molar-refractivity contribution in [1.82, 2.24) is 19.2 Å². The van der Waals surface area contributed by atoms with Crippen molar-refractivity contribution in [1.29, 1.82) is 0 Å². The highest BCUT2D eigenvalue weighted by Gasteiger charge is 2.21. The molecule has 8 nitrogen and oxygen atoms in total. The average Bonchev–Trinajstić information content (AvgIpc) is 3.20. The van der Waals surface area contributed by atoms with Crippen LogP contribution in [0.25, 0.3) is 16.7 Å². The first kappa shape index (κ1) is 21.1. The summed E-state index contributed by atoms with van der Waals surface area (Å²) in [6.07, 6.45) is 0.676. The van der Waals surface area contributed by atoms with Gasteiger partial charge in [-0.15, -0.1) is 10.2 Å². The highest BCUT2D eigenvalue weighted by atomic mass is 32.2. The zero-order valence-electron chi connectivity index (χ0n) is 17.3. The molecule has 0 radical (unpaired) electrons. The lowest BCUT2D eigenvalue weighted by atomic mass is 10.2. The molecule has 4 aromatic rings. The molecule has 0 bridgehead atoms. The van der Waals surface area contributed by atoms with E-state index in [9.17, 15) is 9.59 Å². The van der Waals surface area contributed by atoms with Crippen molar-refractivity contribution < 1.29 is 9.53 Å². The standard InChI is InChI=1S/C22H23N5O3S/c1-15(19(28)23-16-9-4-3-5-10-16)31-22-25-24-21-26(13-8-14-30-2)20(29)17-11-6-7-12-18(17)27(21)22/h3-7,9-12,15H,8,13-14H2,1-2H3,(H,23,28). The maximum atomic E-state index is 13.0. The van der Waals surface area contributed by atoms with Crippen LogP contribution in [-0.4, -0.2) is 44.0 Å². The zero-order valence-corrected chi connectivity index (χ0v) is 18.1. The van der Waals surface area contributed by atoms with Crippen LogP contribution in [0.15, 0.2) is 64.5 Å². The molecule has 31 heavy (non-hydrogen) atoms. The van der Waals surface area contributed by atoms with Gasteiger partial charge in [-0.25, -0.2) is 0 Å². The topological polar surface area (TPSA) is 90.5 Å². The van der Waals surface area contributed by atoms with Gasteiger partial charge in [0.05, 0.1) is 16.2 Å². The van der Waals surface area contributed by atoms with Crippen molar-refractivity contribution in [3.63, 3.8) is 0 Å². The normalized spacial score (nSPS) is 12.3. The Balaban J connectivity index is 1.70. The molecule has 2 aromatic heterocycles. The second kappa shape index (κ2) is 9.32. The van der Waals surface area contributed by atoms with Gasteiger partial charge in [0.15, 0.2) is 5.16 Å². The van der Waals surface area contributed by atoms with Crippen molar-refractivity contribution in [3.8, 4) is 0 Å². The minimum absolute atomic E-state index is 0.113. The number of hydrogen-bond donors (Lipinski definition) is 1. The largest absolute Gasteiger partial charge is 0.385 e. The van der Waals surface area contributed by atoms with Gasteiger partial charge in [0.1, 0.15) is 0 Å². The molecule has 0 fully saturated rings. The molecule has 2 aromatic carbocycles. The van der Waals surface area contributed by atoms with Gasteiger partial charge < -0.3 is 10.1 Å². The second-order valence-corrected chi connectivity index (χ2v) is 8.36. The van der Waals surface area contributed by atoms with Crippen LogP contribution in [-0.2, 0) is 16.1 Å². The van der Waals surface area contributed by atoms with Crippen molar-refractivity contribution in [2.75, 3.05) is 19.0 Å². The molecule has 1 unspecified atom stereocenters. The number of anilines is 1. The first-order chi connectivity index (χ1) is 15.1. The summed E-state index contributed by atoms with van der Waals surface area (Å²) in [7, 11) is 1.63. The van der Waals surface area contributed by atoms with E-state index >= 15 is 0 Å². The van der Waals surface area contributed by atoms with E-state index in [-0.39, 0.29) is 11.5 Å². The van der Waals surface area contributed by atoms with Crippen LogP contribution < -0.4 is 10.9 Å². The molecule has 0 aliphatic heterocycles. The number of methoxy groups -OCH3 is 1. The Morgan fingerprint density at radius 1 is 1.13 bits per heavy atom. The first-order valence-corrected chi connectivity index (χ1v) is 10.9. The fourth-order valence-electron chi connectivity index (χ4n) is 3.36. The van der Waals surface area contributed by atoms with E-state index in [4.69, 9.17) is 4.74 Å². The molecule has 0 saturated carbocycles. The number of hydrogen-bond acceptors (Lipinski definition) is 6. The number of aromatic nitrogens is 4. The summed E-state index contributed by atoms with van der Waals surface area (Å²) in [6, 6.07) is 16.7. The van der Waals surface area contributed by atoms with E-state index in [1.165, 1.54) is 11.8 Å². The highest BCUT2D eigenvalue weighted by Crippen LogP contribution is 2.26. The third-order valence-corrected chi connectivity index (χ3v) is 5.94. The Kier molecular flexibility index (Phi) is 6.34. The predicted octanol–water partition coefficient (Wildman–Crippen LogP) is 3.20. The lowest BCUT2D eigenvalue weighted by Gasteiger charge is -2.13. The summed E-state index contributed by atoms with van der Waals surface area (Å²) in [4.78, 5) is 25.7. The average molecular weight is 438 g/mol. The summed E-state index contributed by atoms with van der Waals surface area (Å²) >= 11 is 1.30. The monoisotopic (exact) mass is 437 g/mol. The minimum Gasteiger partial charge on any atom is -0.385 e. The number of fused-ring (bicyclic) bond motifs is 3. The molecule has 9 heteroatoms. The Morgan fingerprint density at radius 3 is 2.65 bits per heavy atom. The maximum Gasteiger partial charge on any atom is 0.262 e. The zero-order chi connectivity index (χ0) is 21.8. The van der Waals surface area contributed by atoms with E-state index in [0.717, 1.165) is 5.69 Å². The lowest BCUT2D eigenvalue weighted by Crippen LogP contribution is -2.24. The Bertz CT molecular complexity index is 1270. The van der Waals surface area contributed by atoms with Gasteiger partial charge in [-0.1, -0.05) is 42.1 Å². The van der Waals surface area contributed by atoms with Crippen molar-refractivity contribution in [2.24, 2.45) is 0 Å². The molecule has 1 amide bonds. The van der Waals surface area contributed by atoms with Crippen LogP contribution in [0, 0.1) is 0 Å². The van der Waals surface area contributed by atoms with Crippen LogP contribution in [0.3, 0.4) is 0 Å². The third kappa shape index (κ3) is 4.33. The number of benzene rings is 2. The quantitative estimate of drug-likeness (QED) is 0.336. The fourth-order valence-corrected chi connectivity index (χ4v) is 4.21. The number of carbonyl (C=O) groups excluding carboxylic acids is 1. The number of nitrogens with zero attached hydrogens (tertiary/aromatic N) is 4. The van der Waals surface area contributed by atoms with E-state index < -0.39 is 5.25 Å². The number of para-hydroxylation sites is 2. The van der Waals surface area contributed by atoms with Gasteiger partial charge in [-0.2, -0.15) is 0 Å².